The molecule has 1 aromatic rings. The van der Waals surface area contributed by atoms with E-state index < -0.39 is 0 Å². The molecule has 0 amide bonds. The highest BCUT2D eigenvalue weighted by atomic mass is 16.3. The number of benzene rings is 1. The van der Waals surface area contributed by atoms with E-state index >= 15 is 0 Å². The fraction of sp³-hybridized carbons (Fsp3) is 0.533. The second-order valence-corrected chi connectivity index (χ2v) is 5.27. The summed E-state index contributed by atoms with van der Waals surface area (Å²) in [4.78, 5) is 10.4. The van der Waals surface area contributed by atoms with Crippen molar-refractivity contribution in [3.05, 3.63) is 35.4 Å². The predicted octanol–water partition coefficient (Wildman–Crippen LogP) is 2.84. The number of aldehydes is 1. The van der Waals surface area contributed by atoms with Crippen molar-refractivity contribution in [1.82, 2.24) is 0 Å². The molecule has 17 heavy (non-hydrogen) atoms. The first-order chi connectivity index (χ1) is 8.13. The highest BCUT2D eigenvalue weighted by Crippen LogP contribution is 2.39. The Morgan fingerprint density at radius 1 is 1.35 bits per heavy atom. The predicted molar refractivity (Wildman–Crippen MR) is 68.0 cm³/mol. The van der Waals surface area contributed by atoms with E-state index in [1.807, 2.05) is 0 Å². The highest BCUT2D eigenvalue weighted by Gasteiger charge is 2.39. The van der Waals surface area contributed by atoms with Crippen LogP contribution >= 0.6 is 0 Å². The number of hydrogen-bond acceptors (Lipinski definition) is 2. The molecule has 2 rings (SSSR count). The minimum Gasteiger partial charge on any atom is -0.390 e. The lowest BCUT2D eigenvalue weighted by Gasteiger charge is -2.10. The fourth-order valence-corrected chi connectivity index (χ4v) is 2.06. The minimum atomic E-state index is -0.358. The summed E-state index contributed by atoms with van der Waals surface area (Å²) in [6.07, 6.45) is 5.29. The van der Waals surface area contributed by atoms with Crippen molar-refractivity contribution in [2.45, 2.75) is 50.5 Å². The van der Waals surface area contributed by atoms with E-state index in [1.165, 1.54) is 11.1 Å². The summed E-state index contributed by atoms with van der Waals surface area (Å²) in [6.45, 7) is 2.07. The summed E-state index contributed by atoms with van der Waals surface area (Å²) in [7, 11) is 0. The Kier molecular flexibility index (Phi) is 3.63. The Hall–Kier alpha value is -1.15. The van der Waals surface area contributed by atoms with Crippen molar-refractivity contribution in [1.29, 1.82) is 0 Å². The van der Waals surface area contributed by atoms with E-state index in [4.69, 9.17) is 0 Å². The molecule has 1 aromatic carbocycles. The topological polar surface area (TPSA) is 37.3 Å². The molecule has 0 spiro atoms. The first-order valence-corrected chi connectivity index (χ1v) is 6.38. The summed E-state index contributed by atoms with van der Waals surface area (Å²) >= 11 is 0. The second kappa shape index (κ2) is 5.01. The van der Waals surface area contributed by atoms with Gasteiger partial charge in [-0.15, -0.1) is 0 Å². The largest absolute Gasteiger partial charge is 0.390 e. The zero-order valence-electron chi connectivity index (χ0n) is 10.4. The van der Waals surface area contributed by atoms with Crippen LogP contribution in [0.1, 0.15) is 49.7 Å². The fourth-order valence-electron chi connectivity index (χ4n) is 2.06. The molecule has 92 valence electrons. The molecule has 0 bridgehead atoms. The second-order valence-electron chi connectivity index (χ2n) is 5.27. The van der Waals surface area contributed by atoms with Gasteiger partial charge in [-0.3, -0.25) is 0 Å². The monoisotopic (exact) mass is 232 g/mol. The molecular weight excluding hydrogens is 212 g/mol. The lowest BCUT2D eigenvalue weighted by Crippen LogP contribution is -2.07. The van der Waals surface area contributed by atoms with Gasteiger partial charge in [0.25, 0.3) is 0 Å². The molecule has 0 aromatic heterocycles. The van der Waals surface area contributed by atoms with E-state index in [0.29, 0.717) is 12.3 Å². The van der Waals surface area contributed by atoms with Gasteiger partial charge >= 0.3 is 0 Å². The number of carbonyl (C=O) groups is 1. The lowest BCUT2D eigenvalue weighted by molar-refractivity contribution is -0.108. The number of carbonyl (C=O) groups excluding carboxylic acids is 1. The average Bonchev–Trinajstić information content (AvgIpc) is 3.06. The van der Waals surface area contributed by atoms with Crippen molar-refractivity contribution in [3.8, 4) is 0 Å². The van der Waals surface area contributed by atoms with Gasteiger partial charge in [-0.2, -0.15) is 0 Å². The summed E-state index contributed by atoms with van der Waals surface area (Å²) in [5.41, 5.74) is 2.13. The van der Waals surface area contributed by atoms with Crippen LogP contribution in [0, 0.1) is 0 Å². The molecule has 0 heterocycles. The van der Waals surface area contributed by atoms with Gasteiger partial charge in [-0.1, -0.05) is 31.2 Å². The Morgan fingerprint density at radius 3 is 2.53 bits per heavy atom. The number of aliphatic hydroxyl groups is 1. The van der Waals surface area contributed by atoms with Crippen LogP contribution in [0.3, 0.4) is 0 Å². The maximum absolute atomic E-state index is 10.4. The van der Waals surface area contributed by atoms with Crippen LogP contribution in [0.2, 0.25) is 0 Å². The van der Waals surface area contributed by atoms with Crippen molar-refractivity contribution in [2.75, 3.05) is 0 Å². The minimum absolute atomic E-state index is 0.300. The molecule has 1 aliphatic carbocycles. The Balaban J connectivity index is 1.90. The molecule has 1 saturated carbocycles. The van der Waals surface area contributed by atoms with Crippen LogP contribution in [0.25, 0.3) is 0 Å². The van der Waals surface area contributed by atoms with Crippen molar-refractivity contribution in [2.24, 2.45) is 0 Å². The molecule has 0 saturated heterocycles. The van der Waals surface area contributed by atoms with Crippen LogP contribution in [-0.4, -0.2) is 17.0 Å². The summed E-state index contributed by atoms with van der Waals surface area (Å²) in [6, 6.07) is 8.42. The van der Waals surface area contributed by atoms with Gasteiger partial charge in [-0.25, -0.2) is 0 Å². The third-order valence-electron chi connectivity index (χ3n) is 3.70. The van der Waals surface area contributed by atoms with Crippen LogP contribution in [0.4, 0.5) is 0 Å². The average molecular weight is 232 g/mol. The Labute approximate surface area is 103 Å². The maximum Gasteiger partial charge on any atom is 0.120 e. The van der Waals surface area contributed by atoms with Gasteiger partial charge in [0, 0.05) is 6.42 Å². The van der Waals surface area contributed by atoms with E-state index in [1.54, 1.807) is 0 Å². The summed E-state index contributed by atoms with van der Waals surface area (Å²) in [5.74, 6) is 0.300. The van der Waals surface area contributed by atoms with E-state index in [2.05, 4.69) is 31.2 Å². The molecule has 1 N–H and O–H groups in total. The SMILES string of the molecule is CC(CC=O)c1ccc(CCC2(O)CC2)cc1. The molecule has 1 fully saturated rings. The van der Waals surface area contributed by atoms with Crippen LogP contribution < -0.4 is 0 Å². The van der Waals surface area contributed by atoms with E-state index in [9.17, 15) is 9.90 Å². The van der Waals surface area contributed by atoms with Crippen molar-refractivity contribution < 1.29 is 9.90 Å². The first-order valence-electron chi connectivity index (χ1n) is 6.38. The number of aryl methyl sites for hydroxylation is 1. The third kappa shape index (κ3) is 3.40. The summed E-state index contributed by atoms with van der Waals surface area (Å²) < 4.78 is 0. The van der Waals surface area contributed by atoms with Gasteiger partial charge in [0.05, 0.1) is 5.60 Å². The molecule has 2 nitrogen and oxygen atoms in total. The third-order valence-corrected chi connectivity index (χ3v) is 3.70. The molecular formula is C15H20O2. The maximum atomic E-state index is 10.4. The van der Waals surface area contributed by atoms with Gasteiger partial charge in [0.2, 0.25) is 0 Å². The quantitative estimate of drug-likeness (QED) is 0.766. The summed E-state index contributed by atoms with van der Waals surface area (Å²) in [5, 5.41) is 9.76. The van der Waals surface area contributed by atoms with Crippen molar-refractivity contribution >= 4 is 6.29 Å². The van der Waals surface area contributed by atoms with Gasteiger partial charge in [-0.05, 0) is 42.7 Å². The van der Waals surface area contributed by atoms with Crippen LogP contribution in [-0.2, 0) is 11.2 Å². The Morgan fingerprint density at radius 2 is 2.00 bits per heavy atom. The normalized spacial score (nSPS) is 18.7. The highest BCUT2D eigenvalue weighted by molar-refractivity contribution is 5.51. The number of rotatable bonds is 6. The molecule has 2 heteroatoms. The molecule has 1 atom stereocenters. The molecule has 1 unspecified atom stereocenters. The zero-order chi connectivity index (χ0) is 12.3. The Bertz CT molecular complexity index is 376. The first kappa shape index (κ1) is 12.3. The van der Waals surface area contributed by atoms with Gasteiger partial charge in [0.15, 0.2) is 0 Å². The van der Waals surface area contributed by atoms with Crippen LogP contribution in [0.15, 0.2) is 24.3 Å². The van der Waals surface area contributed by atoms with Crippen LogP contribution in [0.5, 0.6) is 0 Å². The lowest BCUT2D eigenvalue weighted by atomic mass is 9.96. The van der Waals surface area contributed by atoms with E-state index in [0.717, 1.165) is 32.0 Å². The van der Waals surface area contributed by atoms with E-state index in [-0.39, 0.29) is 5.60 Å². The number of hydrogen-bond donors (Lipinski definition) is 1. The molecule has 0 radical (unpaired) electrons. The zero-order valence-corrected chi connectivity index (χ0v) is 10.4. The smallest absolute Gasteiger partial charge is 0.120 e. The molecule has 1 aliphatic rings. The van der Waals surface area contributed by atoms with Crippen molar-refractivity contribution in [3.63, 3.8) is 0 Å². The standard InChI is InChI=1S/C15H20O2/c1-12(7-11-16)14-4-2-13(3-5-14)6-8-15(17)9-10-15/h2-5,11-12,17H,6-10H2,1H3. The van der Waals surface area contributed by atoms with Gasteiger partial charge < -0.3 is 9.90 Å². The molecule has 0 aliphatic heterocycles. The van der Waals surface area contributed by atoms with Gasteiger partial charge in [0.1, 0.15) is 6.29 Å².